The standard InChI is InChI=1S/C20H31BrO2/c1-15(2)9-7-11-17(5)13-19(22)20(21,23)14-18(6)12-8-10-16(3)4/h9-10,13-14,23H,7-8,11-12H2,1-6H3/b17-13+,18-14+. The highest BCUT2D eigenvalue weighted by molar-refractivity contribution is 9.10. The van der Waals surface area contributed by atoms with Crippen LogP contribution in [0.4, 0.5) is 0 Å². The second-order valence-corrected chi connectivity index (χ2v) is 7.87. The van der Waals surface area contributed by atoms with E-state index < -0.39 is 4.51 Å². The summed E-state index contributed by atoms with van der Waals surface area (Å²) < 4.78 is -1.61. The molecule has 1 unspecified atom stereocenters. The monoisotopic (exact) mass is 382 g/mol. The minimum Gasteiger partial charge on any atom is -0.369 e. The van der Waals surface area contributed by atoms with E-state index in [0.29, 0.717) is 0 Å². The maximum atomic E-state index is 12.2. The van der Waals surface area contributed by atoms with Gasteiger partial charge in [0.25, 0.3) is 0 Å². The van der Waals surface area contributed by atoms with Crippen LogP contribution >= 0.6 is 15.9 Å². The Morgan fingerprint density at radius 3 is 1.78 bits per heavy atom. The third kappa shape index (κ3) is 11.3. The summed E-state index contributed by atoms with van der Waals surface area (Å²) in [5.41, 5.74) is 4.51. The Balaban J connectivity index is 4.75. The maximum Gasteiger partial charge on any atom is 0.202 e. The van der Waals surface area contributed by atoms with Crippen LogP contribution in [0.5, 0.6) is 0 Å². The molecule has 0 rings (SSSR count). The Hall–Kier alpha value is -0.930. The molecule has 0 aromatic rings. The molecule has 3 heteroatoms. The molecule has 0 radical (unpaired) electrons. The van der Waals surface area contributed by atoms with Gasteiger partial charge in [0.15, 0.2) is 0 Å². The summed E-state index contributed by atoms with van der Waals surface area (Å²) in [6, 6.07) is 0. The Kier molecular flexibility index (Phi) is 10.3. The van der Waals surface area contributed by atoms with Crippen molar-refractivity contribution < 1.29 is 9.90 Å². The molecule has 0 saturated carbocycles. The molecule has 0 fully saturated rings. The molecule has 0 aromatic carbocycles. The molecule has 1 N–H and O–H groups in total. The van der Waals surface area contributed by atoms with Crippen LogP contribution in [0.1, 0.15) is 67.2 Å². The van der Waals surface area contributed by atoms with Gasteiger partial charge in [-0.2, -0.15) is 0 Å². The van der Waals surface area contributed by atoms with Crippen molar-refractivity contribution in [1.29, 1.82) is 0 Å². The number of hydrogen-bond donors (Lipinski definition) is 1. The van der Waals surface area contributed by atoms with Crippen LogP contribution in [0.15, 0.2) is 46.6 Å². The lowest BCUT2D eigenvalue weighted by Gasteiger charge is -2.15. The predicted molar refractivity (Wildman–Crippen MR) is 104 cm³/mol. The number of allylic oxidation sites excluding steroid dienone is 6. The Morgan fingerprint density at radius 2 is 1.35 bits per heavy atom. The molecule has 130 valence electrons. The summed E-state index contributed by atoms with van der Waals surface area (Å²) >= 11 is 3.15. The van der Waals surface area contributed by atoms with Gasteiger partial charge in [-0.1, -0.05) is 34.4 Å². The topological polar surface area (TPSA) is 37.3 Å². The van der Waals surface area contributed by atoms with Gasteiger partial charge < -0.3 is 5.11 Å². The van der Waals surface area contributed by atoms with Crippen molar-refractivity contribution in [2.75, 3.05) is 0 Å². The number of hydrogen-bond acceptors (Lipinski definition) is 2. The van der Waals surface area contributed by atoms with Crippen LogP contribution in [0.2, 0.25) is 0 Å². The smallest absolute Gasteiger partial charge is 0.202 e. The Bertz CT molecular complexity index is 512. The second-order valence-electron chi connectivity index (χ2n) is 6.66. The molecule has 0 amide bonds. The fraction of sp³-hybridized carbons (Fsp3) is 0.550. The summed E-state index contributed by atoms with van der Waals surface area (Å²) in [7, 11) is 0. The average Bonchev–Trinajstić information content (AvgIpc) is 2.36. The van der Waals surface area contributed by atoms with Crippen LogP contribution in [0, 0.1) is 0 Å². The number of aliphatic hydroxyl groups is 1. The number of carbonyl (C=O) groups is 1. The molecular weight excluding hydrogens is 352 g/mol. The highest BCUT2D eigenvalue weighted by Crippen LogP contribution is 2.23. The molecule has 23 heavy (non-hydrogen) atoms. The third-order valence-corrected chi connectivity index (χ3v) is 3.96. The molecule has 1 atom stereocenters. The van der Waals surface area contributed by atoms with E-state index in [4.69, 9.17) is 0 Å². The zero-order valence-corrected chi connectivity index (χ0v) is 17.0. The van der Waals surface area contributed by atoms with Crippen molar-refractivity contribution in [3.05, 3.63) is 46.6 Å². The number of rotatable bonds is 9. The van der Waals surface area contributed by atoms with Gasteiger partial charge in [0.1, 0.15) is 0 Å². The van der Waals surface area contributed by atoms with Crippen molar-refractivity contribution >= 4 is 21.7 Å². The fourth-order valence-corrected chi connectivity index (χ4v) is 2.55. The molecule has 0 saturated heterocycles. The lowest BCUT2D eigenvalue weighted by atomic mass is 10.0. The van der Waals surface area contributed by atoms with Crippen molar-refractivity contribution in [2.24, 2.45) is 0 Å². The first-order valence-electron chi connectivity index (χ1n) is 8.12. The van der Waals surface area contributed by atoms with Crippen LogP contribution in [0.3, 0.4) is 0 Å². The predicted octanol–water partition coefficient (Wildman–Crippen LogP) is 6.02. The normalized spacial score (nSPS) is 15.0. The lowest BCUT2D eigenvalue weighted by Crippen LogP contribution is -2.28. The molecular formula is C20H31BrO2. The highest BCUT2D eigenvalue weighted by Gasteiger charge is 2.28. The maximum absolute atomic E-state index is 12.2. The van der Waals surface area contributed by atoms with E-state index in [1.54, 1.807) is 6.08 Å². The Labute approximate surface area is 150 Å². The first-order chi connectivity index (χ1) is 10.5. The molecule has 2 nitrogen and oxygen atoms in total. The zero-order valence-electron chi connectivity index (χ0n) is 15.4. The molecule has 0 aliphatic heterocycles. The first kappa shape index (κ1) is 22.1. The van der Waals surface area contributed by atoms with Crippen molar-refractivity contribution in [1.82, 2.24) is 0 Å². The van der Waals surface area contributed by atoms with Gasteiger partial charge >= 0.3 is 0 Å². The van der Waals surface area contributed by atoms with Gasteiger partial charge in [0.05, 0.1) is 0 Å². The molecule has 0 aliphatic rings. The van der Waals surface area contributed by atoms with Crippen LogP contribution in [0.25, 0.3) is 0 Å². The van der Waals surface area contributed by atoms with Crippen LogP contribution in [-0.4, -0.2) is 15.4 Å². The molecule has 0 heterocycles. The number of alkyl halides is 1. The van der Waals surface area contributed by atoms with E-state index >= 15 is 0 Å². The molecule has 0 aliphatic carbocycles. The highest BCUT2D eigenvalue weighted by atomic mass is 79.9. The van der Waals surface area contributed by atoms with Crippen LogP contribution in [-0.2, 0) is 4.79 Å². The molecule has 0 bridgehead atoms. The summed E-state index contributed by atoms with van der Waals surface area (Å²) in [5.74, 6) is -0.325. The minimum absolute atomic E-state index is 0.325. The van der Waals surface area contributed by atoms with Gasteiger partial charge in [-0.05, 0) is 95.3 Å². The zero-order chi connectivity index (χ0) is 18.0. The van der Waals surface area contributed by atoms with E-state index in [2.05, 4.69) is 55.8 Å². The van der Waals surface area contributed by atoms with Gasteiger partial charge in [-0.3, -0.25) is 4.79 Å². The summed E-state index contributed by atoms with van der Waals surface area (Å²) in [4.78, 5) is 12.2. The SMILES string of the molecule is CC(C)=CCC/C(C)=C/C(=O)C(O)(Br)/C=C(\C)CCC=C(C)C. The number of carbonyl (C=O) groups excluding carboxylic acids is 1. The summed E-state index contributed by atoms with van der Waals surface area (Å²) in [5, 5.41) is 10.3. The second kappa shape index (κ2) is 10.8. The number of ketones is 1. The summed E-state index contributed by atoms with van der Waals surface area (Å²) in [6.07, 6.45) is 10.9. The minimum atomic E-state index is -1.61. The molecule has 0 spiro atoms. The lowest BCUT2D eigenvalue weighted by molar-refractivity contribution is -0.121. The average molecular weight is 383 g/mol. The number of halogens is 1. The van der Waals surface area contributed by atoms with Gasteiger partial charge in [-0.15, -0.1) is 0 Å². The van der Waals surface area contributed by atoms with E-state index in [-0.39, 0.29) is 5.78 Å². The molecule has 0 aromatic heterocycles. The van der Waals surface area contributed by atoms with E-state index in [1.165, 1.54) is 17.2 Å². The third-order valence-electron chi connectivity index (χ3n) is 3.34. The van der Waals surface area contributed by atoms with E-state index in [1.807, 2.05) is 13.8 Å². The van der Waals surface area contributed by atoms with Crippen LogP contribution < -0.4 is 0 Å². The Morgan fingerprint density at radius 1 is 0.913 bits per heavy atom. The van der Waals surface area contributed by atoms with Crippen molar-refractivity contribution in [3.63, 3.8) is 0 Å². The van der Waals surface area contributed by atoms with Gasteiger partial charge in [0.2, 0.25) is 10.3 Å². The van der Waals surface area contributed by atoms with Crippen molar-refractivity contribution in [2.45, 2.75) is 71.7 Å². The summed E-state index contributed by atoms with van der Waals surface area (Å²) in [6.45, 7) is 12.1. The van der Waals surface area contributed by atoms with Gasteiger partial charge in [-0.25, -0.2) is 0 Å². The first-order valence-corrected chi connectivity index (χ1v) is 8.92. The van der Waals surface area contributed by atoms with Gasteiger partial charge in [0, 0.05) is 0 Å². The fourth-order valence-electron chi connectivity index (χ4n) is 2.04. The quantitative estimate of drug-likeness (QED) is 0.300. The van der Waals surface area contributed by atoms with E-state index in [9.17, 15) is 9.90 Å². The van der Waals surface area contributed by atoms with Crippen molar-refractivity contribution in [3.8, 4) is 0 Å². The van der Waals surface area contributed by atoms with E-state index in [0.717, 1.165) is 36.8 Å². The largest absolute Gasteiger partial charge is 0.369 e.